The third-order valence-corrected chi connectivity index (χ3v) is 6.03. The first kappa shape index (κ1) is 17.7. The predicted octanol–water partition coefficient (Wildman–Crippen LogP) is 0.927. The second-order valence-corrected chi connectivity index (χ2v) is 7.82. The summed E-state index contributed by atoms with van der Waals surface area (Å²) < 4.78 is 5.29. The van der Waals surface area contributed by atoms with Gasteiger partial charge in [-0.3, -0.25) is 9.59 Å². The third-order valence-electron chi connectivity index (χ3n) is 6.03. The number of amides is 2. The summed E-state index contributed by atoms with van der Waals surface area (Å²) in [5, 5.41) is 12.6. The van der Waals surface area contributed by atoms with Gasteiger partial charge in [-0.15, -0.1) is 0 Å². The minimum Gasteiger partial charge on any atom is -0.391 e. The van der Waals surface area contributed by atoms with Crippen LogP contribution in [0.1, 0.15) is 45.4 Å². The highest BCUT2D eigenvalue weighted by molar-refractivity contribution is 5.79. The van der Waals surface area contributed by atoms with Crippen molar-refractivity contribution in [2.75, 3.05) is 26.3 Å². The van der Waals surface area contributed by atoms with E-state index < -0.39 is 6.10 Å². The lowest BCUT2D eigenvalue weighted by molar-refractivity contribution is -0.141. The van der Waals surface area contributed by atoms with Crippen molar-refractivity contribution in [3.63, 3.8) is 0 Å². The number of nitrogens with one attached hydrogen (secondary N) is 1. The summed E-state index contributed by atoms with van der Waals surface area (Å²) in [6.07, 6.45) is 6.36. The molecule has 1 heterocycles. The lowest BCUT2D eigenvalue weighted by Crippen LogP contribution is -2.45. The van der Waals surface area contributed by atoms with Gasteiger partial charge in [-0.25, -0.2) is 0 Å². The maximum absolute atomic E-state index is 12.0. The summed E-state index contributed by atoms with van der Waals surface area (Å²) in [5.74, 6) is 1.95. The van der Waals surface area contributed by atoms with E-state index in [0.29, 0.717) is 19.0 Å². The Kier molecular flexibility index (Phi) is 5.76. The fraction of sp³-hybridized carbons (Fsp3) is 0.889. The average molecular weight is 338 g/mol. The Morgan fingerprint density at radius 3 is 2.75 bits per heavy atom. The normalized spacial score (nSPS) is 33.5. The summed E-state index contributed by atoms with van der Waals surface area (Å²) in [6.45, 7) is 2.95. The van der Waals surface area contributed by atoms with E-state index in [1.165, 1.54) is 25.7 Å². The van der Waals surface area contributed by atoms with Crippen molar-refractivity contribution < 1.29 is 19.4 Å². The van der Waals surface area contributed by atoms with Crippen LogP contribution in [0.4, 0.5) is 0 Å². The number of nitrogens with zero attached hydrogens (tertiary/aromatic N) is 1. The third kappa shape index (κ3) is 4.28. The highest BCUT2D eigenvalue weighted by Gasteiger charge is 2.42. The molecule has 3 fully saturated rings. The quantitative estimate of drug-likeness (QED) is 0.755. The molecule has 3 rings (SSSR count). The molecule has 1 saturated heterocycles. The van der Waals surface area contributed by atoms with Crippen molar-refractivity contribution in [2.24, 2.45) is 17.8 Å². The fourth-order valence-electron chi connectivity index (χ4n) is 4.81. The molecule has 2 aliphatic carbocycles. The van der Waals surface area contributed by atoms with Crippen LogP contribution in [-0.2, 0) is 14.3 Å². The molecule has 2 bridgehead atoms. The lowest BCUT2D eigenvalue weighted by Gasteiger charge is -2.30. The van der Waals surface area contributed by atoms with E-state index in [4.69, 9.17) is 4.74 Å². The number of aliphatic hydroxyl groups excluding tert-OH is 1. The minimum atomic E-state index is -0.436. The summed E-state index contributed by atoms with van der Waals surface area (Å²) in [5.41, 5.74) is 0. The highest BCUT2D eigenvalue weighted by atomic mass is 16.5. The Morgan fingerprint density at radius 2 is 2.08 bits per heavy atom. The number of ether oxygens (including phenoxy) is 1. The van der Waals surface area contributed by atoms with Gasteiger partial charge in [0.1, 0.15) is 13.2 Å². The zero-order valence-corrected chi connectivity index (χ0v) is 14.6. The maximum atomic E-state index is 12.0. The van der Waals surface area contributed by atoms with Crippen molar-refractivity contribution >= 4 is 11.8 Å². The topological polar surface area (TPSA) is 78.9 Å². The van der Waals surface area contributed by atoms with Crippen molar-refractivity contribution in [2.45, 2.75) is 57.6 Å². The van der Waals surface area contributed by atoms with Crippen LogP contribution in [0.2, 0.25) is 0 Å². The Bertz CT molecular complexity index is 470. The molecular weight excluding hydrogens is 308 g/mol. The van der Waals surface area contributed by atoms with E-state index in [9.17, 15) is 14.7 Å². The first-order valence-electron chi connectivity index (χ1n) is 9.36. The fourth-order valence-corrected chi connectivity index (χ4v) is 4.81. The van der Waals surface area contributed by atoms with Crippen LogP contribution in [0.25, 0.3) is 0 Å². The zero-order chi connectivity index (χ0) is 17.1. The van der Waals surface area contributed by atoms with Crippen LogP contribution in [-0.4, -0.2) is 60.3 Å². The summed E-state index contributed by atoms with van der Waals surface area (Å²) in [6, 6.07) is 0.185. The van der Waals surface area contributed by atoms with Crippen LogP contribution >= 0.6 is 0 Å². The van der Waals surface area contributed by atoms with E-state index in [2.05, 4.69) is 12.2 Å². The number of fused-ring (bicyclic) bond motifs is 2. The van der Waals surface area contributed by atoms with Gasteiger partial charge in [-0.2, -0.15) is 0 Å². The lowest BCUT2D eigenvalue weighted by atomic mass is 9.84. The molecule has 0 aromatic rings. The molecule has 5 atom stereocenters. The molecule has 0 unspecified atom stereocenters. The minimum absolute atomic E-state index is 0.0761. The van der Waals surface area contributed by atoms with Gasteiger partial charge in [0.05, 0.1) is 6.10 Å². The van der Waals surface area contributed by atoms with Crippen molar-refractivity contribution in [3.8, 4) is 0 Å². The molecule has 0 aromatic heterocycles. The molecule has 6 heteroatoms. The molecule has 2 saturated carbocycles. The second-order valence-electron chi connectivity index (χ2n) is 7.82. The van der Waals surface area contributed by atoms with Gasteiger partial charge in [-0.05, 0) is 56.8 Å². The smallest absolute Gasteiger partial charge is 0.248 e. The number of hydrogen-bond donors (Lipinski definition) is 2. The monoisotopic (exact) mass is 338 g/mol. The molecule has 136 valence electrons. The summed E-state index contributed by atoms with van der Waals surface area (Å²) >= 11 is 0. The van der Waals surface area contributed by atoms with Gasteiger partial charge in [0, 0.05) is 19.1 Å². The molecule has 0 radical (unpaired) electrons. The first-order chi connectivity index (χ1) is 11.5. The Hall–Kier alpha value is -1.14. The molecule has 1 aliphatic heterocycles. The van der Waals surface area contributed by atoms with Crippen LogP contribution in [0.15, 0.2) is 0 Å². The van der Waals surface area contributed by atoms with E-state index >= 15 is 0 Å². The van der Waals surface area contributed by atoms with Gasteiger partial charge in [0.2, 0.25) is 11.8 Å². The molecular formula is C18H30N2O4. The molecule has 0 aromatic carbocycles. The van der Waals surface area contributed by atoms with E-state index in [1.807, 2.05) is 0 Å². The molecule has 3 aliphatic rings. The van der Waals surface area contributed by atoms with Gasteiger partial charge in [0.15, 0.2) is 0 Å². The summed E-state index contributed by atoms with van der Waals surface area (Å²) in [7, 11) is 0. The van der Waals surface area contributed by atoms with Gasteiger partial charge < -0.3 is 20.1 Å². The Labute approximate surface area is 143 Å². The first-order valence-corrected chi connectivity index (χ1v) is 9.36. The number of rotatable bonds is 6. The zero-order valence-electron chi connectivity index (χ0n) is 14.6. The molecule has 24 heavy (non-hydrogen) atoms. The molecule has 6 nitrogen and oxygen atoms in total. The average Bonchev–Trinajstić information content (AvgIpc) is 3.17. The van der Waals surface area contributed by atoms with Gasteiger partial charge in [-0.1, -0.05) is 6.42 Å². The number of β-amino-alcohol motifs (C(OH)–C–C–N with tert-alkyl or cyclic N) is 1. The van der Waals surface area contributed by atoms with E-state index in [0.717, 1.165) is 24.7 Å². The van der Waals surface area contributed by atoms with Crippen molar-refractivity contribution in [3.05, 3.63) is 0 Å². The van der Waals surface area contributed by atoms with Crippen LogP contribution in [0, 0.1) is 17.8 Å². The number of likely N-dealkylation sites (tertiary alicyclic amines) is 1. The van der Waals surface area contributed by atoms with Crippen LogP contribution in [0.5, 0.6) is 0 Å². The van der Waals surface area contributed by atoms with E-state index in [-0.39, 0.29) is 31.1 Å². The molecule has 2 N–H and O–H groups in total. The van der Waals surface area contributed by atoms with Gasteiger partial charge in [0.25, 0.3) is 0 Å². The predicted molar refractivity (Wildman–Crippen MR) is 89.2 cm³/mol. The number of piperidine rings is 1. The van der Waals surface area contributed by atoms with Crippen LogP contribution < -0.4 is 5.32 Å². The van der Waals surface area contributed by atoms with Crippen LogP contribution in [0.3, 0.4) is 0 Å². The molecule has 0 spiro atoms. The molecule has 2 amide bonds. The van der Waals surface area contributed by atoms with E-state index in [1.54, 1.807) is 4.90 Å². The highest BCUT2D eigenvalue weighted by Crippen LogP contribution is 2.49. The van der Waals surface area contributed by atoms with Crippen molar-refractivity contribution in [1.29, 1.82) is 0 Å². The number of carbonyl (C=O) groups is 2. The Morgan fingerprint density at radius 1 is 1.25 bits per heavy atom. The Balaban J connectivity index is 1.33. The number of aliphatic hydroxyl groups is 1. The standard InChI is InChI=1S/C18H30N2O4/c1-12(16-8-13-4-5-14(16)7-13)19-17(22)10-24-11-18(23)20-6-2-3-15(21)9-20/h12-16,21H,2-11H2,1H3,(H,19,22)/t12-,13-,14-,15-,16+/m0/s1. The second kappa shape index (κ2) is 7.83. The number of carbonyl (C=O) groups excluding carboxylic acids is 2. The van der Waals surface area contributed by atoms with Crippen molar-refractivity contribution in [1.82, 2.24) is 10.2 Å². The number of hydrogen-bond acceptors (Lipinski definition) is 4. The van der Waals surface area contributed by atoms with Gasteiger partial charge >= 0.3 is 0 Å². The SMILES string of the molecule is C[C@H](NC(=O)COCC(=O)N1CCC[C@H](O)C1)[C@H]1C[C@H]2CC[C@H]1C2. The largest absolute Gasteiger partial charge is 0.391 e. The maximum Gasteiger partial charge on any atom is 0.248 e. The summed E-state index contributed by atoms with van der Waals surface area (Å²) in [4.78, 5) is 25.6.